The number of sulfone groups is 1. The molecule has 0 saturated carbocycles. The molecule has 126 valence electrons. The van der Waals surface area contributed by atoms with E-state index in [1.807, 2.05) is 48.5 Å². The number of rotatable bonds is 2. The van der Waals surface area contributed by atoms with E-state index >= 15 is 0 Å². The zero-order valence-electron chi connectivity index (χ0n) is 13.1. The monoisotopic (exact) mass is 455 g/mol. The van der Waals surface area contributed by atoms with Crippen LogP contribution in [0, 0.1) is 3.57 Å². The van der Waals surface area contributed by atoms with Gasteiger partial charge in [-0.1, -0.05) is 42.5 Å². The Morgan fingerprint density at radius 1 is 1.00 bits per heavy atom. The fourth-order valence-electron chi connectivity index (χ4n) is 2.99. The highest BCUT2D eigenvalue weighted by molar-refractivity contribution is 14.1. The van der Waals surface area contributed by atoms with Crippen molar-refractivity contribution in [1.82, 2.24) is 4.90 Å². The molecule has 0 radical (unpaired) electrons. The SMILES string of the molecule is O=C(c1ccccc1I)N1CCC(c2ccccc2)S(=O)(=O)CC1. The number of halogens is 1. The van der Waals surface area contributed by atoms with Gasteiger partial charge in [-0.05, 0) is 46.7 Å². The normalized spacial score (nSPS) is 20.4. The Hall–Kier alpha value is -1.41. The quantitative estimate of drug-likeness (QED) is 0.654. The zero-order chi connectivity index (χ0) is 17.2. The van der Waals surface area contributed by atoms with Crippen LogP contribution in [0.2, 0.25) is 0 Å². The number of carbonyl (C=O) groups excluding carboxylic acids is 1. The summed E-state index contributed by atoms with van der Waals surface area (Å²) in [5.41, 5.74) is 1.44. The summed E-state index contributed by atoms with van der Waals surface area (Å²) < 4.78 is 26.2. The van der Waals surface area contributed by atoms with Gasteiger partial charge in [-0.25, -0.2) is 8.42 Å². The van der Waals surface area contributed by atoms with Gasteiger partial charge in [-0.2, -0.15) is 0 Å². The zero-order valence-corrected chi connectivity index (χ0v) is 16.0. The minimum Gasteiger partial charge on any atom is -0.338 e. The topological polar surface area (TPSA) is 54.5 Å². The third kappa shape index (κ3) is 3.64. The maximum Gasteiger partial charge on any atom is 0.254 e. The van der Waals surface area contributed by atoms with Crippen LogP contribution >= 0.6 is 22.6 Å². The Balaban J connectivity index is 1.84. The Bertz CT molecular complexity index is 836. The van der Waals surface area contributed by atoms with Crippen LogP contribution in [-0.2, 0) is 9.84 Å². The van der Waals surface area contributed by atoms with Crippen molar-refractivity contribution in [2.45, 2.75) is 11.7 Å². The second-order valence-corrected chi connectivity index (χ2v) is 9.29. The smallest absolute Gasteiger partial charge is 0.254 e. The van der Waals surface area contributed by atoms with Crippen LogP contribution in [0.3, 0.4) is 0 Å². The van der Waals surface area contributed by atoms with Gasteiger partial charge in [0.15, 0.2) is 9.84 Å². The number of nitrogens with zero attached hydrogens (tertiary/aromatic N) is 1. The molecule has 0 N–H and O–H groups in total. The summed E-state index contributed by atoms with van der Waals surface area (Å²) in [5.74, 6) is -0.0919. The lowest BCUT2D eigenvalue weighted by molar-refractivity contribution is 0.0765. The number of hydrogen-bond acceptors (Lipinski definition) is 3. The molecule has 24 heavy (non-hydrogen) atoms. The summed E-state index contributed by atoms with van der Waals surface area (Å²) in [7, 11) is -3.27. The van der Waals surface area contributed by atoms with E-state index in [1.165, 1.54) is 0 Å². The van der Waals surface area contributed by atoms with E-state index in [9.17, 15) is 13.2 Å². The molecule has 0 spiro atoms. The standard InChI is InChI=1S/C18H18INO3S/c19-16-9-5-4-8-15(16)18(21)20-11-10-17(24(22,23)13-12-20)14-6-2-1-3-7-14/h1-9,17H,10-13H2. The lowest BCUT2D eigenvalue weighted by Gasteiger charge is -2.20. The molecule has 1 heterocycles. The van der Waals surface area contributed by atoms with Gasteiger partial charge >= 0.3 is 0 Å². The van der Waals surface area contributed by atoms with E-state index in [1.54, 1.807) is 11.0 Å². The highest BCUT2D eigenvalue weighted by atomic mass is 127. The maximum atomic E-state index is 12.8. The third-order valence-corrected chi connectivity index (χ3v) is 7.37. The van der Waals surface area contributed by atoms with Gasteiger partial charge in [-0.15, -0.1) is 0 Å². The third-order valence-electron chi connectivity index (χ3n) is 4.30. The van der Waals surface area contributed by atoms with Crippen LogP contribution in [0.4, 0.5) is 0 Å². The molecule has 1 fully saturated rings. The average Bonchev–Trinajstić information content (AvgIpc) is 2.74. The van der Waals surface area contributed by atoms with Gasteiger partial charge in [0.1, 0.15) is 0 Å². The highest BCUT2D eigenvalue weighted by Crippen LogP contribution is 2.30. The van der Waals surface area contributed by atoms with Gasteiger partial charge in [0.2, 0.25) is 0 Å². The molecule has 6 heteroatoms. The second kappa shape index (κ2) is 7.23. The Morgan fingerprint density at radius 3 is 2.38 bits per heavy atom. The van der Waals surface area contributed by atoms with Gasteiger partial charge in [-0.3, -0.25) is 4.79 Å². The Morgan fingerprint density at radius 2 is 1.67 bits per heavy atom. The molecule has 1 unspecified atom stereocenters. The van der Waals surface area contributed by atoms with Crippen LogP contribution in [0.25, 0.3) is 0 Å². The van der Waals surface area contributed by atoms with E-state index < -0.39 is 15.1 Å². The number of benzene rings is 2. The largest absolute Gasteiger partial charge is 0.338 e. The summed E-state index contributed by atoms with van der Waals surface area (Å²) in [6, 6.07) is 16.7. The molecule has 1 atom stereocenters. The van der Waals surface area contributed by atoms with Crippen molar-refractivity contribution in [3.8, 4) is 0 Å². The molecule has 0 bridgehead atoms. The first kappa shape index (κ1) is 17.4. The predicted molar refractivity (Wildman–Crippen MR) is 103 cm³/mol. The van der Waals surface area contributed by atoms with E-state index in [0.29, 0.717) is 18.5 Å². The van der Waals surface area contributed by atoms with E-state index in [-0.39, 0.29) is 18.2 Å². The first-order valence-electron chi connectivity index (χ1n) is 7.79. The van der Waals surface area contributed by atoms with Crippen molar-refractivity contribution in [1.29, 1.82) is 0 Å². The van der Waals surface area contributed by atoms with Crippen molar-refractivity contribution in [2.75, 3.05) is 18.8 Å². The number of carbonyl (C=O) groups is 1. The van der Waals surface area contributed by atoms with Gasteiger partial charge in [0.25, 0.3) is 5.91 Å². The molecule has 2 aromatic carbocycles. The first-order valence-corrected chi connectivity index (χ1v) is 10.6. The van der Waals surface area contributed by atoms with Gasteiger partial charge < -0.3 is 4.90 Å². The number of hydrogen-bond donors (Lipinski definition) is 0. The molecule has 4 nitrogen and oxygen atoms in total. The van der Waals surface area contributed by atoms with Crippen molar-refractivity contribution < 1.29 is 13.2 Å². The fraction of sp³-hybridized carbons (Fsp3) is 0.278. The molecule has 2 aromatic rings. The van der Waals surface area contributed by atoms with Crippen LogP contribution in [0.5, 0.6) is 0 Å². The summed E-state index contributed by atoms with van der Waals surface area (Å²) in [4.78, 5) is 14.4. The lowest BCUT2D eigenvalue weighted by Crippen LogP contribution is -2.34. The number of amides is 1. The minimum atomic E-state index is -3.27. The summed E-state index contributed by atoms with van der Waals surface area (Å²) >= 11 is 2.14. The van der Waals surface area contributed by atoms with Gasteiger partial charge in [0, 0.05) is 16.7 Å². The molecule has 1 saturated heterocycles. The minimum absolute atomic E-state index is 0.00170. The van der Waals surface area contributed by atoms with Crippen molar-refractivity contribution in [2.24, 2.45) is 0 Å². The van der Waals surface area contributed by atoms with Crippen molar-refractivity contribution in [3.63, 3.8) is 0 Å². The summed E-state index contributed by atoms with van der Waals surface area (Å²) in [6.07, 6.45) is 0.432. The second-order valence-electron chi connectivity index (χ2n) is 5.83. The van der Waals surface area contributed by atoms with Crippen LogP contribution in [-0.4, -0.2) is 38.1 Å². The van der Waals surface area contributed by atoms with E-state index in [4.69, 9.17) is 0 Å². The Kier molecular flexibility index (Phi) is 5.24. The molecule has 3 rings (SSSR count). The van der Waals surface area contributed by atoms with Crippen LogP contribution < -0.4 is 0 Å². The maximum absolute atomic E-state index is 12.8. The average molecular weight is 455 g/mol. The molecule has 1 aliphatic heterocycles. The van der Waals surface area contributed by atoms with Crippen LogP contribution in [0.1, 0.15) is 27.6 Å². The molecule has 1 aliphatic rings. The predicted octanol–water partition coefficient (Wildman–Crippen LogP) is 3.29. The fourth-order valence-corrected chi connectivity index (χ4v) is 5.41. The summed E-state index contributed by atoms with van der Waals surface area (Å²) in [6.45, 7) is 0.693. The molecule has 0 aromatic heterocycles. The molecular formula is C18H18INO3S. The molecule has 1 amide bonds. The molecule has 0 aliphatic carbocycles. The van der Waals surface area contributed by atoms with E-state index in [0.717, 1.165) is 9.13 Å². The van der Waals surface area contributed by atoms with Crippen molar-refractivity contribution >= 4 is 38.3 Å². The molecular weight excluding hydrogens is 437 g/mol. The first-order chi connectivity index (χ1) is 11.5. The van der Waals surface area contributed by atoms with Crippen molar-refractivity contribution in [3.05, 3.63) is 69.3 Å². The van der Waals surface area contributed by atoms with Gasteiger partial charge in [0.05, 0.1) is 16.6 Å². The van der Waals surface area contributed by atoms with Crippen LogP contribution in [0.15, 0.2) is 54.6 Å². The lowest BCUT2D eigenvalue weighted by atomic mass is 10.1. The highest BCUT2D eigenvalue weighted by Gasteiger charge is 2.33. The Labute approximate surface area is 155 Å². The van der Waals surface area contributed by atoms with E-state index in [2.05, 4.69) is 22.6 Å². The summed E-state index contributed by atoms with van der Waals surface area (Å²) in [5, 5.41) is -0.536.